The summed E-state index contributed by atoms with van der Waals surface area (Å²) < 4.78 is 5.04. The van der Waals surface area contributed by atoms with Crippen LogP contribution in [0.3, 0.4) is 0 Å². The second-order valence-electron chi connectivity index (χ2n) is 5.50. The van der Waals surface area contributed by atoms with Crippen molar-refractivity contribution >= 4 is 11.7 Å². The number of fused-ring (bicyclic) bond motifs is 2. The molecular formula is C15H20N2O2. The van der Waals surface area contributed by atoms with Crippen LogP contribution in [0.5, 0.6) is 0 Å². The van der Waals surface area contributed by atoms with Crippen LogP contribution >= 0.6 is 0 Å². The van der Waals surface area contributed by atoms with Crippen molar-refractivity contribution in [2.45, 2.75) is 25.3 Å². The maximum Gasteiger partial charge on any atom is 0.313 e. The smallest absolute Gasteiger partial charge is 0.313 e. The fraction of sp³-hybridized carbons (Fsp3) is 0.533. The van der Waals surface area contributed by atoms with E-state index < -0.39 is 0 Å². The number of rotatable bonds is 1. The molecule has 1 aromatic rings. The molecule has 2 aliphatic rings. The highest BCUT2D eigenvalue weighted by Gasteiger charge is 2.42. The molecule has 2 N–H and O–H groups in total. The molecule has 3 atom stereocenters. The number of piperidine rings is 1. The fourth-order valence-electron chi connectivity index (χ4n) is 3.34. The summed E-state index contributed by atoms with van der Waals surface area (Å²) in [7, 11) is 1.48. The molecule has 0 aromatic heterocycles. The van der Waals surface area contributed by atoms with E-state index in [1.165, 1.54) is 12.7 Å². The Morgan fingerprint density at radius 2 is 2.26 bits per heavy atom. The van der Waals surface area contributed by atoms with Crippen LogP contribution < -0.4 is 10.6 Å². The number of hydrogen-bond donors (Lipinski definition) is 2. The molecular weight excluding hydrogens is 240 g/mol. The minimum atomic E-state index is -0.154. The van der Waals surface area contributed by atoms with Crippen molar-refractivity contribution in [3.63, 3.8) is 0 Å². The van der Waals surface area contributed by atoms with E-state index in [1.807, 2.05) is 0 Å². The van der Waals surface area contributed by atoms with Gasteiger partial charge in [-0.25, -0.2) is 0 Å². The van der Waals surface area contributed by atoms with Gasteiger partial charge >= 0.3 is 5.97 Å². The van der Waals surface area contributed by atoms with E-state index in [1.54, 1.807) is 0 Å². The number of esters is 1. The molecule has 0 bridgehead atoms. The van der Waals surface area contributed by atoms with Crippen LogP contribution in [0.4, 0.5) is 5.69 Å². The Morgan fingerprint density at radius 3 is 3.05 bits per heavy atom. The third kappa shape index (κ3) is 2.10. The summed E-state index contributed by atoms with van der Waals surface area (Å²) in [5, 5.41) is 6.98. The summed E-state index contributed by atoms with van der Waals surface area (Å²) in [6.07, 6.45) is 1.05. The number of aryl methyl sites for hydroxylation is 1. The van der Waals surface area contributed by atoms with Gasteiger partial charge in [-0.15, -0.1) is 0 Å². The minimum Gasteiger partial charge on any atom is -0.469 e. The number of carbonyl (C=O) groups excluding carboxylic acids is 1. The molecule has 0 spiro atoms. The van der Waals surface area contributed by atoms with Crippen molar-refractivity contribution in [3.05, 3.63) is 29.3 Å². The molecule has 0 radical (unpaired) electrons. The molecule has 102 valence electrons. The zero-order valence-electron chi connectivity index (χ0n) is 11.4. The maximum absolute atomic E-state index is 12.2. The molecule has 19 heavy (non-hydrogen) atoms. The van der Waals surface area contributed by atoms with E-state index in [4.69, 9.17) is 4.74 Å². The highest BCUT2D eigenvalue weighted by Crippen LogP contribution is 2.41. The molecule has 4 nitrogen and oxygen atoms in total. The first-order chi connectivity index (χ1) is 9.20. The van der Waals surface area contributed by atoms with Gasteiger partial charge in [-0.3, -0.25) is 4.79 Å². The molecule has 1 saturated heterocycles. The standard InChI is InChI=1S/C15H20N2O2/c1-9-3-4-12-10(7-9)14(15(18)19-2)11-8-16-6-5-13(11)17-12/h3-4,7,11,13-14,16-17H,5-6,8H2,1-2H3. The number of methoxy groups -OCH3 is 1. The van der Waals surface area contributed by atoms with Gasteiger partial charge in [-0.1, -0.05) is 17.7 Å². The van der Waals surface area contributed by atoms with E-state index in [-0.39, 0.29) is 17.8 Å². The zero-order valence-corrected chi connectivity index (χ0v) is 11.4. The number of nitrogens with one attached hydrogen (secondary N) is 2. The number of hydrogen-bond acceptors (Lipinski definition) is 4. The minimum absolute atomic E-state index is 0.118. The lowest BCUT2D eigenvalue weighted by molar-refractivity contribution is -0.144. The van der Waals surface area contributed by atoms with Crippen molar-refractivity contribution in [1.82, 2.24) is 5.32 Å². The molecule has 3 rings (SSSR count). The summed E-state index contributed by atoms with van der Waals surface area (Å²) in [6.45, 7) is 3.92. The molecule has 2 aliphatic heterocycles. The first kappa shape index (κ1) is 12.5. The van der Waals surface area contributed by atoms with Crippen LogP contribution in [0.1, 0.15) is 23.5 Å². The number of anilines is 1. The average molecular weight is 260 g/mol. The van der Waals surface area contributed by atoms with E-state index in [2.05, 4.69) is 35.8 Å². The second kappa shape index (κ2) is 4.85. The van der Waals surface area contributed by atoms with Gasteiger partial charge in [-0.05, 0) is 31.5 Å². The number of carbonyl (C=O) groups is 1. The molecule has 4 heteroatoms. The largest absolute Gasteiger partial charge is 0.469 e. The topological polar surface area (TPSA) is 50.4 Å². The summed E-state index contributed by atoms with van der Waals surface area (Å²) in [5.41, 5.74) is 3.35. The summed E-state index contributed by atoms with van der Waals surface area (Å²) >= 11 is 0. The van der Waals surface area contributed by atoms with Gasteiger partial charge < -0.3 is 15.4 Å². The van der Waals surface area contributed by atoms with E-state index in [0.717, 1.165) is 30.8 Å². The van der Waals surface area contributed by atoms with Crippen LogP contribution in [0.25, 0.3) is 0 Å². The Bertz CT molecular complexity index is 501. The Labute approximate surface area is 113 Å². The summed E-state index contributed by atoms with van der Waals surface area (Å²) in [6, 6.07) is 6.63. The molecule has 0 saturated carbocycles. The zero-order chi connectivity index (χ0) is 13.4. The third-order valence-corrected chi connectivity index (χ3v) is 4.30. The van der Waals surface area contributed by atoms with Crippen molar-refractivity contribution in [2.75, 3.05) is 25.5 Å². The molecule has 3 unspecified atom stereocenters. The number of ether oxygens (including phenoxy) is 1. The van der Waals surface area contributed by atoms with Gasteiger partial charge in [0.2, 0.25) is 0 Å². The first-order valence-corrected chi connectivity index (χ1v) is 6.86. The van der Waals surface area contributed by atoms with Gasteiger partial charge in [0.15, 0.2) is 0 Å². The molecule has 1 aromatic carbocycles. The van der Waals surface area contributed by atoms with Crippen molar-refractivity contribution in [1.29, 1.82) is 0 Å². The fourth-order valence-corrected chi connectivity index (χ4v) is 3.34. The summed E-state index contributed by atoms with van der Waals surface area (Å²) in [4.78, 5) is 12.2. The Balaban J connectivity index is 2.06. The van der Waals surface area contributed by atoms with Crippen LogP contribution in [-0.2, 0) is 9.53 Å². The van der Waals surface area contributed by atoms with Crippen molar-refractivity contribution < 1.29 is 9.53 Å². The van der Waals surface area contributed by atoms with Crippen LogP contribution in [-0.4, -0.2) is 32.2 Å². The van der Waals surface area contributed by atoms with Crippen LogP contribution in [0, 0.1) is 12.8 Å². The van der Waals surface area contributed by atoms with Gasteiger partial charge in [0.1, 0.15) is 0 Å². The lowest BCUT2D eigenvalue weighted by Crippen LogP contribution is -2.50. The maximum atomic E-state index is 12.2. The van der Waals surface area contributed by atoms with Crippen LogP contribution in [0.15, 0.2) is 18.2 Å². The average Bonchev–Trinajstić information content (AvgIpc) is 2.44. The Kier molecular flexibility index (Phi) is 3.19. The lowest BCUT2D eigenvalue weighted by Gasteiger charge is -2.42. The number of benzene rings is 1. The molecule has 0 aliphatic carbocycles. The molecule has 1 fully saturated rings. The lowest BCUT2D eigenvalue weighted by atomic mass is 9.74. The predicted octanol–water partition coefficient (Wildman–Crippen LogP) is 1.66. The van der Waals surface area contributed by atoms with Crippen molar-refractivity contribution in [3.8, 4) is 0 Å². The normalized spacial score (nSPS) is 28.8. The Hall–Kier alpha value is -1.55. The van der Waals surface area contributed by atoms with Crippen LogP contribution in [0.2, 0.25) is 0 Å². The monoisotopic (exact) mass is 260 g/mol. The highest BCUT2D eigenvalue weighted by molar-refractivity contribution is 5.82. The first-order valence-electron chi connectivity index (χ1n) is 6.86. The predicted molar refractivity (Wildman–Crippen MR) is 74.3 cm³/mol. The van der Waals surface area contributed by atoms with Gasteiger partial charge in [0.25, 0.3) is 0 Å². The molecule has 0 amide bonds. The van der Waals surface area contributed by atoms with E-state index in [9.17, 15) is 4.79 Å². The van der Waals surface area contributed by atoms with Gasteiger partial charge in [0.05, 0.1) is 13.0 Å². The van der Waals surface area contributed by atoms with E-state index in [0.29, 0.717) is 6.04 Å². The Morgan fingerprint density at radius 1 is 1.42 bits per heavy atom. The SMILES string of the molecule is COC(=O)C1c2cc(C)ccc2NC2CCNCC21. The summed E-state index contributed by atoms with van der Waals surface area (Å²) in [5.74, 6) is 0.00139. The quantitative estimate of drug-likeness (QED) is 0.754. The molecule has 2 heterocycles. The third-order valence-electron chi connectivity index (χ3n) is 4.30. The highest BCUT2D eigenvalue weighted by atomic mass is 16.5. The van der Waals surface area contributed by atoms with Crippen molar-refractivity contribution in [2.24, 2.45) is 5.92 Å². The second-order valence-corrected chi connectivity index (χ2v) is 5.50. The van der Waals surface area contributed by atoms with E-state index >= 15 is 0 Å². The van der Waals surface area contributed by atoms with Gasteiger partial charge in [-0.2, -0.15) is 0 Å². The van der Waals surface area contributed by atoms with Gasteiger partial charge in [0, 0.05) is 24.2 Å².